The molecule has 0 aliphatic carbocycles. The summed E-state index contributed by atoms with van der Waals surface area (Å²) >= 11 is 0. The summed E-state index contributed by atoms with van der Waals surface area (Å²) in [7, 11) is 1.40. The van der Waals surface area contributed by atoms with E-state index in [0.29, 0.717) is 45.4 Å². The lowest BCUT2D eigenvalue weighted by atomic mass is 9.89. The number of ether oxygens (including phenoxy) is 1. The molecule has 0 radical (unpaired) electrons. The lowest BCUT2D eigenvalue weighted by Crippen LogP contribution is -2.59. The van der Waals surface area contributed by atoms with Crippen LogP contribution in [0.2, 0.25) is 0 Å². The molecule has 2 saturated heterocycles. The highest BCUT2D eigenvalue weighted by Gasteiger charge is 2.44. The Labute approximate surface area is 158 Å². The second-order valence-electron chi connectivity index (χ2n) is 7.56. The van der Waals surface area contributed by atoms with Gasteiger partial charge in [0, 0.05) is 19.6 Å². The van der Waals surface area contributed by atoms with Gasteiger partial charge in [-0.3, -0.25) is 14.5 Å². The number of carbonyl (C=O) groups excluding carboxylic acids is 2. The first kappa shape index (κ1) is 19.8. The van der Waals surface area contributed by atoms with E-state index in [2.05, 4.69) is 4.90 Å². The molecule has 27 heavy (non-hydrogen) atoms. The van der Waals surface area contributed by atoms with Gasteiger partial charge in [0.05, 0.1) is 13.0 Å². The van der Waals surface area contributed by atoms with Gasteiger partial charge in [-0.1, -0.05) is 12.1 Å². The van der Waals surface area contributed by atoms with E-state index in [1.54, 1.807) is 17.0 Å². The van der Waals surface area contributed by atoms with E-state index in [4.69, 9.17) is 4.74 Å². The Hall–Kier alpha value is -1.99. The van der Waals surface area contributed by atoms with Crippen LogP contribution in [0.3, 0.4) is 0 Å². The molecule has 6 nitrogen and oxygen atoms in total. The minimum Gasteiger partial charge on any atom is -0.469 e. The van der Waals surface area contributed by atoms with Crippen molar-refractivity contribution in [2.24, 2.45) is 5.92 Å². The summed E-state index contributed by atoms with van der Waals surface area (Å²) in [6, 6.07) is 6.07. The molecule has 0 spiro atoms. The second kappa shape index (κ2) is 8.35. The third kappa shape index (κ3) is 4.65. The molecule has 3 rings (SSSR count). The molecule has 1 amide bonds. The molecule has 1 unspecified atom stereocenters. The fourth-order valence-electron chi connectivity index (χ4n) is 4.04. The van der Waals surface area contributed by atoms with Gasteiger partial charge in [0.25, 0.3) is 5.91 Å². The van der Waals surface area contributed by atoms with E-state index >= 15 is 0 Å². The van der Waals surface area contributed by atoms with Gasteiger partial charge in [0.1, 0.15) is 5.82 Å². The van der Waals surface area contributed by atoms with Crippen molar-refractivity contribution in [1.29, 1.82) is 0 Å². The van der Waals surface area contributed by atoms with Gasteiger partial charge in [0.15, 0.2) is 5.60 Å². The zero-order chi connectivity index (χ0) is 19.4. The molecular formula is C20H27FN2O4. The Kier molecular flexibility index (Phi) is 6.11. The Bertz CT molecular complexity index is 673. The Morgan fingerprint density at radius 3 is 2.56 bits per heavy atom. The fourth-order valence-corrected chi connectivity index (χ4v) is 4.04. The Morgan fingerprint density at radius 1 is 1.26 bits per heavy atom. The van der Waals surface area contributed by atoms with Crippen molar-refractivity contribution in [3.63, 3.8) is 0 Å². The SMILES string of the molecule is COC(=O)C1CCN(CC2(O)CCCN(Cc3ccc(F)cc3)C2=O)CC1. The quantitative estimate of drug-likeness (QED) is 0.788. The monoisotopic (exact) mass is 378 g/mol. The zero-order valence-corrected chi connectivity index (χ0v) is 15.7. The van der Waals surface area contributed by atoms with Crippen molar-refractivity contribution in [1.82, 2.24) is 9.80 Å². The van der Waals surface area contributed by atoms with Crippen LogP contribution < -0.4 is 0 Å². The maximum Gasteiger partial charge on any atom is 0.308 e. The first-order valence-electron chi connectivity index (χ1n) is 9.48. The van der Waals surface area contributed by atoms with Gasteiger partial charge in [0.2, 0.25) is 0 Å². The number of likely N-dealkylation sites (tertiary alicyclic amines) is 2. The largest absolute Gasteiger partial charge is 0.469 e. The van der Waals surface area contributed by atoms with Crippen LogP contribution in [-0.4, -0.2) is 65.7 Å². The molecule has 0 aromatic heterocycles. The number of aliphatic hydroxyl groups is 1. The average molecular weight is 378 g/mol. The van der Waals surface area contributed by atoms with E-state index < -0.39 is 5.60 Å². The van der Waals surface area contributed by atoms with E-state index in [-0.39, 0.29) is 30.2 Å². The van der Waals surface area contributed by atoms with Crippen molar-refractivity contribution in [2.45, 2.75) is 37.8 Å². The normalized spacial score (nSPS) is 24.9. The van der Waals surface area contributed by atoms with Crippen LogP contribution in [0.1, 0.15) is 31.2 Å². The Morgan fingerprint density at radius 2 is 1.93 bits per heavy atom. The molecule has 1 atom stereocenters. The molecule has 1 aromatic carbocycles. The van der Waals surface area contributed by atoms with E-state index in [9.17, 15) is 19.1 Å². The number of halogens is 1. The van der Waals surface area contributed by atoms with Crippen LogP contribution in [0.25, 0.3) is 0 Å². The van der Waals surface area contributed by atoms with E-state index in [1.807, 2.05) is 0 Å². The molecule has 2 heterocycles. The molecule has 0 bridgehead atoms. The number of esters is 1. The van der Waals surface area contributed by atoms with Crippen LogP contribution in [0.5, 0.6) is 0 Å². The van der Waals surface area contributed by atoms with E-state index in [0.717, 1.165) is 12.0 Å². The summed E-state index contributed by atoms with van der Waals surface area (Å²) in [6.07, 6.45) is 2.51. The number of hydrogen-bond acceptors (Lipinski definition) is 5. The summed E-state index contributed by atoms with van der Waals surface area (Å²) < 4.78 is 17.9. The minimum absolute atomic E-state index is 0.0991. The maximum atomic E-state index is 13.1. The highest BCUT2D eigenvalue weighted by molar-refractivity contribution is 5.86. The number of rotatable bonds is 5. The molecule has 2 aliphatic heterocycles. The van der Waals surface area contributed by atoms with Crippen LogP contribution >= 0.6 is 0 Å². The molecule has 2 aliphatic rings. The first-order chi connectivity index (χ1) is 12.9. The van der Waals surface area contributed by atoms with Gasteiger partial charge in [-0.05, 0) is 56.5 Å². The Balaban J connectivity index is 1.59. The van der Waals surface area contributed by atoms with Gasteiger partial charge in [-0.15, -0.1) is 0 Å². The van der Waals surface area contributed by atoms with Crippen molar-refractivity contribution in [3.05, 3.63) is 35.6 Å². The number of nitrogens with zero attached hydrogens (tertiary/aromatic N) is 2. The van der Waals surface area contributed by atoms with Gasteiger partial charge >= 0.3 is 5.97 Å². The molecule has 148 valence electrons. The summed E-state index contributed by atoms with van der Waals surface area (Å²) in [4.78, 5) is 28.3. The lowest BCUT2D eigenvalue weighted by molar-refractivity contribution is -0.161. The molecule has 1 N–H and O–H groups in total. The van der Waals surface area contributed by atoms with Crippen molar-refractivity contribution < 1.29 is 23.8 Å². The molecule has 1 aromatic rings. The number of benzene rings is 1. The van der Waals surface area contributed by atoms with Gasteiger partial charge in [-0.2, -0.15) is 0 Å². The van der Waals surface area contributed by atoms with Crippen molar-refractivity contribution in [3.8, 4) is 0 Å². The van der Waals surface area contributed by atoms with Crippen molar-refractivity contribution >= 4 is 11.9 Å². The molecule has 7 heteroatoms. The second-order valence-corrected chi connectivity index (χ2v) is 7.56. The van der Waals surface area contributed by atoms with Crippen LogP contribution in [0.15, 0.2) is 24.3 Å². The number of hydrogen-bond donors (Lipinski definition) is 1. The third-order valence-corrected chi connectivity index (χ3v) is 5.60. The molecular weight excluding hydrogens is 351 g/mol. The lowest BCUT2D eigenvalue weighted by Gasteiger charge is -2.42. The highest BCUT2D eigenvalue weighted by Crippen LogP contribution is 2.27. The summed E-state index contributed by atoms with van der Waals surface area (Å²) in [5.74, 6) is -0.866. The summed E-state index contributed by atoms with van der Waals surface area (Å²) in [5, 5.41) is 11.0. The minimum atomic E-state index is -1.41. The standard InChI is InChI=1S/C20H27FN2O4/c1-27-18(24)16-7-11-22(12-8-16)14-20(26)9-2-10-23(19(20)25)13-15-3-5-17(21)6-4-15/h3-6,16,26H,2,7-14H2,1H3. The summed E-state index contributed by atoms with van der Waals surface area (Å²) in [5.41, 5.74) is -0.566. The number of piperidine rings is 2. The molecule has 0 saturated carbocycles. The number of methoxy groups -OCH3 is 1. The third-order valence-electron chi connectivity index (χ3n) is 5.60. The van der Waals surface area contributed by atoms with E-state index in [1.165, 1.54) is 19.2 Å². The highest BCUT2D eigenvalue weighted by atomic mass is 19.1. The fraction of sp³-hybridized carbons (Fsp3) is 0.600. The van der Waals surface area contributed by atoms with Crippen LogP contribution in [0, 0.1) is 11.7 Å². The van der Waals surface area contributed by atoms with Crippen LogP contribution in [0.4, 0.5) is 4.39 Å². The van der Waals surface area contributed by atoms with Crippen molar-refractivity contribution in [2.75, 3.05) is 33.3 Å². The first-order valence-corrected chi connectivity index (χ1v) is 9.48. The predicted octanol–water partition coefficient (Wildman–Crippen LogP) is 1.56. The smallest absolute Gasteiger partial charge is 0.308 e. The topological polar surface area (TPSA) is 70.1 Å². The summed E-state index contributed by atoms with van der Waals surface area (Å²) in [6.45, 7) is 2.55. The number of β-amino-alcohol motifs (C(OH)–C–C–N with tert-alkyl or cyclic N) is 1. The molecule has 2 fully saturated rings. The van der Waals surface area contributed by atoms with Gasteiger partial charge in [-0.25, -0.2) is 4.39 Å². The number of amides is 1. The number of carbonyl (C=O) groups is 2. The van der Waals surface area contributed by atoms with Gasteiger partial charge < -0.3 is 14.7 Å². The van der Waals surface area contributed by atoms with Crippen LogP contribution in [-0.2, 0) is 20.9 Å². The predicted molar refractivity (Wildman–Crippen MR) is 97.2 cm³/mol. The zero-order valence-electron chi connectivity index (χ0n) is 15.7. The average Bonchev–Trinajstić information content (AvgIpc) is 2.67. The maximum absolute atomic E-state index is 13.1.